The first-order valence-electron chi connectivity index (χ1n) is 4.88. The van der Waals surface area contributed by atoms with Crippen molar-refractivity contribution < 1.29 is 14.0 Å². The van der Waals surface area contributed by atoms with Gasteiger partial charge in [0.25, 0.3) is 0 Å². The van der Waals surface area contributed by atoms with Crippen molar-refractivity contribution in [2.45, 2.75) is 6.42 Å². The fraction of sp³-hybridized carbons (Fsp3) is 0.400. The van der Waals surface area contributed by atoms with Gasteiger partial charge in [0.2, 0.25) is 0 Å². The third-order valence-electron chi connectivity index (χ3n) is 2.28. The highest BCUT2D eigenvalue weighted by Crippen LogP contribution is 2.16. The highest BCUT2D eigenvalue weighted by molar-refractivity contribution is 9.10. The van der Waals surface area contributed by atoms with E-state index in [-0.39, 0.29) is 7.12 Å². The maximum atomic E-state index is 5.54. The van der Waals surface area contributed by atoms with Crippen molar-refractivity contribution in [3.8, 4) is 5.75 Å². The minimum Gasteiger partial charge on any atom is -0.497 e. The van der Waals surface area contributed by atoms with Gasteiger partial charge in [0.05, 0.1) is 7.11 Å². The van der Waals surface area contributed by atoms with Crippen molar-refractivity contribution in [2.24, 2.45) is 0 Å². The van der Waals surface area contributed by atoms with Crippen LogP contribution in [0.25, 0.3) is 0 Å². The van der Waals surface area contributed by atoms with E-state index in [9.17, 15) is 0 Å². The lowest BCUT2D eigenvalue weighted by Crippen LogP contribution is -2.41. The van der Waals surface area contributed by atoms with Gasteiger partial charge < -0.3 is 14.0 Å². The van der Waals surface area contributed by atoms with Gasteiger partial charge >= 0.3 is 7.12 Å². The molecule has 0 aromatic heterocycles. The molecule has 1 aromatic carbocycles. The summed E-state index contributed by atoms with van der Waals surface area (Å²) in [4.78, 5) is 0. The van der Waals surface area contributed by atoms with Crippen molar-refractivity contribution in [3.05, 3.63) is 22.7 Å². The molecule has 80 valence electrons. The average molecular weight is 271 g/mol. The molecule has 1 aromatic rings. The van der Waals surface area contributed by atoms with E-state index in [1.807, 2.05) is 18.2 Å². The number of hydrogen-bond acceptors (Lipinski definition) is 3. The molecule has 0 amide bonds. The second kappa shape index (κ2) is 5.01. The number of methoxy groups -OCH3 is 1. The summed E-state index contributed by atoms with van der Waals surface area (Å²) in [5, 5.41) is 0. The van der Waals surface area contributed by atoms with E-state index >= 15 is 0 Å². The summed E-state index contributed by atoms with van der Waals surface area (Å²) in [7, 11) is 1.37. The van der Waals surface area contributed by atoms with Gasteiger partial charge in [-0.2, -0.15) is 0 Å². The van der Waals surface area contributed by atoms with Gasteiger partial charge in [-0.3, -0.25) is 0 Å². The molecule has 0 N–H and O–H groups in total. The lowest BCUT2D eigenvalue weighted by Gasteiger charge is -2.21. The van der Waals surface area contributed by atoms with E-state index in [1.54, 1.807) is 7.11 Å². The van der Waals surface area contributed by atoms with Crippen LogP contribution < -0.4 is 10.2 Å². The summed E-state index contributed by atoms with van der Waals surface area (Å²) >= 11 is 3.48. The molecule has 0 saturated carbocycles. The number of halogens is 1. The van der Waals surface area contributed by atoms with Crippen molar-refractivity contribution in [1.82, 2.24) is 0 Å². The zero-order valence-electron chi connectivity index (χ0n) is 8.53. The molecule has 3 nitrogen and oxygen atoms in total. The lowest BCUT2D eigenvalue weighted by molar-refractivity contribution is 0.143. The monoisotopic (exact) mass is 270 g/mol. The summed E-state index contributed by atoms with van der Waals surface area (Å²) in [6.07, 6.45) is 0.956. The van der Waals surface area contributed by atoms with Gasteiger partial charge in [-0.1, -0.05) is 15.9 Å². The Hall–Kier alpha value is -0.515. The van der Waals surface area contributed by atoms with E-state index in [1.165, 1.54) is 0 Å². The first-order valence-corrected chi connectivity index (χ1v) is 5.67. The Labute approximate surface area is 98.0 Å². The Morgan fingerprint density at radius 1 is 1.33 bits per heavy atom. The molecule has 0 bridgehead atoms. The number of ether oxygens (including phenoxy) is 1. The molecule has 0 unspecified atom stereocenters. The maximum absolute atomic E-state index is 5.54. The van der Waals surface area contributed by atoms with Crippen LogP contribution in [-0.2, 0) is 9.31 Å². The molecular weight excluding hydrogens is 259 g/mol. The van der Waals surface area contributed by atoms with Crippen LogP contribution in [0.4, 0.5) is 0 Å². The number of hydrogen-bond donors (Lipinski definition) is 0. The van der Waals surface area contributed by atoms with Crippen molar-refractivity contribution in [1.29, 1.82) is 0 Å². The molecule has 1 fully saturated rings. The standard InChI is InChI=1S/C10H12BBrO3/c1-13-8-3-4-10(12)9(7-8)11-14-5-2-6-15-11/h3-4,7H,2,5-6H2,1H3. The summed E-state index contributed by atoms with van der Waals surface area (Å²) in [5.41, 5.74) is 0.981. The smallest absolute Gasteiger partial charge is 0.495 e. The zero-order valence-corrected chi connectivity index (χ0v) is 10.1. The maximum Gasteiger partial charge on any atom is 0.495 e. The van der Waals surface area contributed by atoms with Gasteiger partial charge in [-0.05, 0) is 24.6 Å². The van der Waals surface area contributed by atoms with Gasteiger partial charge in [0, 0.05) is 23.1 Å². The molecule has 15 heavy (non-hydrogen) atoms. The topological polar surface area (TPSA) is 27.7 Å². The number of rotatable bonds is 2. The van der Waals surface area contributed by atoms with Crippen molar-refractivity contribution >= 4 is 28.5 Å². The Balaban J connectivity index is 2.24. The summed E-state index contributed by atoms with van der Waals surface area (Å²) < 4.78 is 17.2. The molecule has 0 spiro atoms. The van der Waals surface area contributed by atoms with Crippen LogP contribution in [0.5, 0.6) is 5.75 Å². The van der Waals surface area contributed by atoms with Crippen LogP contribution in [-0.4, -0.2) is 27.4 Å². The number of benzene rings is 1. The molecule has 0 radical (unpaired) electrons. The lowest BCUT2D eigenvalue weighted by atomic mass is 9.78. The van der Waals surface area contributed by atoms with Crippen LogP contribution in [0.15, 0.2) is 22.7 Å². The van der Waals surface area contributed by atoms with Gasteiger partial charge in [0.1, 0.15) is 5.75 Å². The predicted molar refractivity (Wildman–Crippen MR) is 62.6 cm³/mol. The van der Waals surface area contributed by atoms with E-state index in [4.69, 9.17) is 14.0 Å². The van der Waals surface area contributed by atoms with Crippen molar-refractivity contribution in [2.75, 3.05) is 20.3 Å². The van der Waals surface area contributed by atoms with Gasteiger partial charge in [-0.15, -0.1) is 0 Å². The molecule has 1 saturated heterocycles. The highest BCUT2D eigenvalue weighted by atomic mass is 79.9. The molecule has 1 heterocycles. The fourth-order valence-electron chi connectivity index (χ4n) is 1.50. The summed E-state index contributed by atoms with van der Waals surface area (Å²) in [5.74, 6) is 0.811. The second-order valence-electron chi connectivity index (χ2n) is 3.31. The third kappa shape index (κ3) is 2.54. The van der Waals surface area contributed by atoms with Crippen molar-refractivity contribution in [3.63, 3.8) is 0 Å². The third-order valence-corrected chi connectivity index (χ3v) is 3.01. The fourth-order valence-corrected chi connectivity index (χ4v) is 1.93. The SMILES string of the molecule is COc1ccc(Br)c(B2OCCCO2)c1. The van der Waals surface area contributed by atoms with Crippen LogP contribution in [0.1, 0.15) is 6.42 Å². The molecule has 0 atom stereocenters. The zero-order chi connectivity index (χ0) is 10.7. The predicted octanol–water partition coefficient (Wildman–Crippen LogP) is 1.59. The minimum atomic E-state index is -0.275. The molecular formula is C10H12BBrO3. The van der Waals surface area contributed by atoms with Gasteiger partial charge in [0.15, 0.2) is 0 Å². The largest absolute Gasteiger partial charge is 0.497 e. The summed E-state index contributed by atoms with van der Waals surface area (Å²) in [6.45, 7) is 1.49. The van der Waals surface area contributed by atoms with E-state index in [2.05, 4.69) is 15.9 Å². The molecule has 1 aliphatic rings. The normalized spacial score (nSPS) is 16.5. The van der Waals surface area contributed by atoms with Crippen LogP contribution in [0, 0.1) is 0 Å². The summed E-state index contributed by atoms with van der Waals surface area (Å²) in [6, 6.07) is 5.77. The van der Waals surface area contributed by atoms with Gasteiger partial charge in [-0.25, -0.2) is 0 Å². The van der Waals surface area contributed by atoms with E-state index in [0.717, 1.165) is 35.3 Å². The van der Waals surface area contributed by atoms with E-state index < -0.39 is 0 Å². The molecule has 5 heteroatoms. The molecule has 0 aliphatic carbocycles. The Kier molecular flexibility index (Phi) is 3.67. The van der Waals surface area contributed by atoms with E-state index in [0.29, 0.717) is 0 Å². The Bertz CT molecular complexity index is 339. The van der Waals surface area contributed by atoms with Crippen LogP contribution in [0.2, 0.25) is 0 Å². The highest BCUT2D eigenvalue weighted by Gasteiger charge is 2.26. The second-order valence-corrected chi connectivity index (χ2v) is 4.17. The van der Waals surface area contributed by atoms with Crippen LogP contribution in [0.3, 0.4) is 0 Å². The Morgan fingerprint density at radius 3 is 2.73 bits per heavy atom. The molecule has 2 rings (SSSR count). The first kappa shape index (κ1) is 11.0. The Morgan fingerprint density at radius 2 is 2.07 bits per heavy atom. The molecule has 1 aliphatic heterocycles. The first-order chi connectivity index (χ1) is 7.31. The van der Waals surface area contributed by atoms with Crippen LogP contribution >= 0.6 is 15.9 Å². The average Bonchev–Trinajstić information content (AvgIpc) is 2.31. The minimum absolute atomic E-state index is 0.275. The quantitative estimate of drug-likeness (QED) is 0.764.